The minimum absolute atomic E-state index is 0.264. The third-order valence-electron chi connectivity index (χ3n) is 4.74. The molecule has 9 heteroatoms. The largest absolute Gasteiger partial charge is 0.462 e. The second kappa shape index (κ2) is 9.07. The molecule has 0 bridgehead atoms. The number of carbonyl (C=O) groups is 2. The predicted molar refractivity (Wildman–Crippen MR) is 123 cm³/mol. The minimum Gasteiger partial charge on any atom is -0.462 e. The third kappa shape index (κ3) is 4.40. The van der Waals surface area contributed by atoms with Crippen LogP contribution >= 0.6 is 11.6 Å². The summed E-state index contributed by atoms with van der Waals surface area (Å²) >= 11 is 6.12. The zero-order valence-corrected chi connectivity index (χ0v) is 18.2. The van der Waals surface area contributed by atoms with E-state index in [1.807, 2.05) is 31.2 Å². The topological polar surface area (TPSA) is 97.6 Å². The first kappa shape index (κ1) is 21.3. The molecule has 162 valence electrons. The number of ether oxygens (including phenoxy) is 1. The highest BCUT2D eigenvalue weighted by Crippen LogP contribution is 2.25. The first-order valence-electron chi connectivity index (χ1n) is 9.90. The number of nitrogens with zero attached hydrogens (tertiary/aromatic N) is 3. The SMILES string of the molecule is CCOC(=O)c1cnn2c(-c3cccc(NC(=O)Nc4ccc(C)c(Cl)c4)c3)ccnc12. The molecule has 32 heavy (non-hydrogen) atoms. The van der Waals surface area contributed by atoms with Gasteiger partial charge in [-0.2, -0.15) is 5.10 Å². The normalized spacial score (nSPS) is 10.7. The summed E-state index contributed by atoms with van der Waals surface area (Å²) in [7, 11) is 0. The molecule has 2 aromatic heterocycles. The molecule has 0 saturated carbocycles. The summed E-state index contributed by atoms with van der Waals surface area (Å²) < 4.78 is 6.64. The Morgan fingerprint density at radius 3 is 2.62 bits per heavy atom. The van der Waals surface area contributed by atoms with Gasteiger partial charge in [0.2, 0.25) is 0 Å². The summed E-state index contributed by atoms with van der Waals surface area (Å²) in [5.74, 6) is -0.476. The number of fused-ring (bicyclic) bond motifs is 1. The number of rotatable bonds is 5. The van der Waals surface area contributed by atoms with Crippen LogP contribution in [0.4, 0.5) is 16.2 Å². The number of aromatic nitrogens is 3. The Hall–Kier alpha value is -3.91. The van der Waals surface area contributed by atoms with Crippen LogP contribution in [-0.4, -0.2) is 33.2 Å². The summed E-state index contributed by atoms with van der Waals surface area (Å²) in [6, 6.07) is 14.0. The van der Waals surface area contributed by atoms with Gasteiger partial charge < -0.3 is 15.4 Å². The van der Waals surface area contributed by atoms with E-state index in [0.717, 1.165) is 11.1 Å². The van der Waals surface area contributed by atoms with Gasteiger partial charge in [-0.1, -0.05) is 29.8 Å². The fourth-order valence-corrected chi connectivity index (χ4v) is 3.36. The Labute approximate surface area is 189 Å². The standard InChI is InChI=1S/C23H20ClN5O3/c1-3-32-22(30)18-13-26-29-20(9-10-25-21(18)29)15-5-4-6-16(11-15)27-23(31)28-17-8-7-14(2)19(24)12-17/h4-13H,3H2,1-2H3,(H2,27,28,31). The zero-order chi connectivity index (χ0) is 22.7. The molecular formula is C23H20ClN5O3. The van der Waals surface area contributed by atoms with Gasteiger partial charge >= 0.3 is 12.0 Å². The maximum Gasteiger partial charge on any atom is 0.343 e. The lowest BCUT2D eigenvalue weighted by molar-refractivity contribution is 0.0528. The number of hydrogen-bond donors (Lipinski definition) is 2. The molecule has 0 radical (unpaired) electrons. The smallest absolute Gasteiger partial charge is 0.343 e. The Morgan fingerprint density at radius 2 is 1.88 bits per heavy atom. The molecule has 0 aliphatic carbocycles. The van der Waals surface area contributed by atoms with Crippen molar-refractivity contribution in [2.75, 3.05) is 17.2 Å². The number of nitrogens with one attached hydrogen (secondary N) is 2. The van der Waals surface area contributed by atoms with Crippen molar-refractivity contribution in [3.8, 4) is 11.3 Å². The van der Waals surface area contributed by atoms with Crippen LogP contribution in [0.2, 0.25) is 5.02 Å². The van der Waals surface area contributed by atoms with Crippen molar-refractivity contribution in [2.24, 2.45) is 0 Å². The summed E-state index contributed by atoms with van der Waals surface area (Å²) in [6.45, 7) is 3.90. The quantitative estimate of drug-likeness (QED) is 0.409. The Bertz CT molecular complexity index is 1320. The lowest BCUT2D eigenvalue weighted by atomic mass is 10.1. The number of anilines is 2. The van der Waals surface area contributed by atoms with Crippen molar-refractivity contribution in [3.05, 3.63) is 77.1 Å². The molecule has 2 aromatic carbocycles. The Balaban J connectivity index is 1.58. The van der Waals surface area contributed by atoms with E-state index < -0.39 is 12.0 Å². The van der Waals surface area contributed by atoms with Crippen molar-refractivity contribution in [1.82, 2.24) is 14.6 Å². The molecule has 0 saturated heterocycles. The number of amides is 2. The molecule has 2 amide bonds. The second-order valence-electron chi connectivity index (χ2n) is 6.97. The van der Waals surface area contributed by atoms with Gasteiger partial charge in [-0.05, 0) is 49.7 Å². The molecule has 0 spiro atoms. The predicted octanol–water partition coefficient (Wildman–Crippen LogP) is 5.18. The molecule has 0 unspecified atom stereocenters. The van der Waals surface area contributed by atoms with E-state index in [-0.39, 0.29) is 6.61 Å². The number of urea groups is 1. The van der Waals surface area contributed by atoms with Crippen LogP contribution in [0.1, 0.15) is 22.8 Å². The fraction of sp³-hybridized carbons (Fsp3) is 0.130. The minimum atomic E-state index is -0.476. The van der Waals surface area contributed by atoms with Crippen LogP contribution in [0.3, 0.4) is 0 Å². The highest BCUT2D eigenvalue weighted by molar-refractivity contribution is 6.31. The van der Waals surface area contributed by atoms with Gasteiger partial charge in [0.05, 0.1) is 18.5 Å². The van der Waals surface area contributed by atoms with Crippen LogP contribution < -0.4 is 10.6 Å². The lowest BCUT2D eigenvalue weighted by Crippen LogP contribution is -2.19. The van der Waals surface area contributed by atoms with E-state index >= 15 is 0 Å². The summed E-state index contributed by atoms with van der Waals surface area (Å²) in [6.07, 6.45) is 3.04. The molecule has 2 heterocycles. The number of halogens is 1. The summed E-state index contributed by atoms with van der Waals surface area (Å²) in [5.41, 5.74) is 4.28. The van der Waals surface area contributed by atoms with E-state index in [4.69, 9.17) is 16.3 Å². The molecule has 0 aliphatic heterocycles. The van der Waals surface area contributed by atoms with Gasteiger partial charge in [-0.3, -0.25) is 0 Å². The number of esters is 1. The van der Waals surface area contributed by atoms with Crippen LogP contribution in [0.25, 0.3) is 16.9 Å². The van der Waals surface area contributed by atoms with Gasteiger partial charge in [0.1, 0.15) is 5.56 Å². The molecule has 0 fully saturated rings. The third-order valence-corrected chi connectivity index (χ3v) is 5.15. The Kier molecular flexibility index (Phi) is 6.04. The van der Waals surface area contributed by atoms with Crippen molar-refractivity contribution in [2.45, 2.75) is 13.8 Å². The van der Waals surface area contributed by atoms with Gasteiger partial charge in [-0.25, -0.2) is 19.1 Å². The average molecular weight is 450 g/mol. The molecule has 4 aromatic rings. The van der Waals surface area contributed by atoms with E-state index in [9.17, 15) is 9.59 Å². The molecule has 0 aliphatic rings. The van der Waals surface area contributed by atoms with Crippen molar-refractivity contribution >= 4 is 40.6 Å². The number of benzene rings is 2. The van der Waals surface area contributed by atoms with Gasteiger partial charge in [0.15, 0.2) is 5.65 Å². The number of carbonyl (C=O) groups excluding carboxylic acids is 2. The average Bonchev–Trinajstić information content (AvgIpc) is 3.21. The van der Waals surface area contributed by atoms with Crippen molar-refractivity contribution < 1.29 is 14.3 Å². The van der Waals surface area contributed by atoms with Gasteiger partial charge in [0.25, 0.3) is 0 Å². The van der Waals surface area contributed by atoms with Crippen LogP contribution in [0.15, 0.2) is 60.9 Å². The van der Waals surface area contributed by atoms with Crippen LogP contribution in [-0.2, 0) is 4.74 Å². The lowest BCUT2D eigenvalue weighted by Gasteiger charge is -2.11. The maximum atomic E-state index is 12.4. The number of hydrogen-bond acceptors (Lipinski definition) is 5. The van der Waals surface area contributed by atoms with E-state index in [0.29, 0.717) is 33.3 Å². The first-order valence-corrected chi connectivity index (χ1v) is 10.3. The van der Waals surface area contributed by atoms with Crippen LogP contribution in [0, 0.1) is 6.92 Å². The number of aryl methyl sites for hydroxylation is 1. The highest BCUT2D eigenvalue weighted by atomic mass is 35.5. The van der Waals surface area contributed by atoms with Gasteiger partial charge in [-0.15, -0.1) is 0 Å². The molecule has 0 atom stereocenters. The molecular weight excluding hydrogens is 430 g/mol. The maximum absolute atomic E-state index is 12.4. The first-order chi connectivity index (χ1) is 15.5. The zero-order valence-electron chi connectivity index (χ0n) is 17.4. The van der Waals surface area contributed by atoms with Crippen molar-refractivity contribution in [1.29, 1.82) is 0 Å². The molecule has 4 rings (SSSR count). The molecule has 2 N–H and O–H groups in total. The van der Waals surface area contributed by atoms with E-state index in [1.54, 1.807) is 41.9 Å². The summed E-state index contributed by atoms with van der Waals surface area (Å²) in [4.78, 5) is 28.9. The highest BCUT2D eigenvalue weighted by Gasteiger charge is 2.17. The van der Waals surface area contributed by atoms with Crippen LogP contribution in [0.5, 0.6) is 0 Å². The fourth-order valence-electron chi connectivity index (χ4n) is 3.18. The monoisotopic (exact) mass is 449 g/mol. The molecule has 8 nitrogen and oxygen atoms in total. The van der Waals surface area contributed by atoms with E-state index in [1.165, 1.54) is 6.20 Å². The second-order valence-corrected chi connectivity index (χ2v) is 7.38. The van der Waals surface area contributed by atoms with E-state index in [2.05, 4.69) is 20.7 Å². The summed E-state index contributed by atoms with van der Waals surface area (Å²) in [5, 5.41) is 10.4. The Morgan fingerprint density at radius 1 is 1.09 bits per heavy atom. The van der Waals surface area contributed by atoms with Crippen molar-refractivity contribution in [3.63, 3.8) is 0 Å². The van der Waals surface area contributed by atoms with Gasteiger partial charge in [0, 0.05) is 28.2 Å².